The van der Waals surface area contributed by atoms with Crippen LogP contribution in [0.1, 0.15) is 39.0 Å². The van der Waals surface area contributed by atoms with Crippen LogP contribution in [0.3, 0.4) is 0 Å². The van der Waals surface area contributed by atoms with Crippen LogP contribution in [0.15, 0.2) is 0 Å². The Labute approximate surface area is 95.2 Å². The predicted octanol–water partition coefficient (Wildman–Crippen LogP) is 0.925. The number of carboxylic acids is 1. The number of nitrogens with one attached hydrogen (secondary N) is 1. The van der Waals surface area contributed by atoms with E-state index in [0.717, 1.165) is 19.3 Å². The summed E-state index contributed by atoms with van der Waals surface area (Å²) in [5.41, 5.74) is -0.953. The highest BCUT2D eigenvalue weighted by Crippen LogP contribution is 2.29. The zero-order valence-electron chi connectivity index (χ0n) is 9.78. The number of carbonyl (C=O) groups is 2. The summed E-state index contributed by atoms with van der Waals surface area (Å²) in [5.74, 6) is -1.30. The fourth-order valence-corrected chi connectivity index (χ4v) is 2.23. The second-order valence-corrected chi connectivity index (χ2v) is 4.34. The summed E-state index contributed by atoms with van der Waals surface area (Å²) in [6.07, 6.45) is 3.97. The molecule has 0 amide bonds. The Hall–Kier alpha value is -1.10. The lowest BCUT2D eigenvalue weighted by atomic mass is 9.81. The van der Waals surface area contributed by atoms with E-state index < -0.39 is 23.5 Å². The van der Waals surface area contributed by atoms with Crippen molar-refractivity contribution in [2.75, 3.05) is 7.11 Å². The third kappa shape index (κ3) is 2.72. The molecule has 0 radical (unpaired) electrons. The lowest BCUT2D eigenvalue weighted by Crippen LogP contribution is -2.58. The summed E-state index contributed by atoms with van der Waals surface area (Å²) in [7, 11) is 1.30. The number of aliphatic carboxylic acids is 1. The first-order valence-corrected chi connectivity index (χ1v) is 5.61. The van der Waals surface area contributed by atoms with Crippen molar-refractivity contribution < 1.29 is 19.4 Å². The van der Waals surface area contributed by atoms with Crippen LogP contribution in [0, 0.1) is 0 Å². The first-order valence-electron chi connectivity index (χ1n) is 5.61. The minimum atomic E-state index is -0.953. The molecule has 1 aliphatic carbocycles. The molecule has 0 aromatic carbocycles. The molecule has 0 aliphatic heterocycles. The normalized spacial score (nSPS) is 21.1. The molecular formula is C11H19NO4. The Balaban J connectivity index is 2.71. The van der Waals surface area contributed by atoms with Gasteiger partial charge in [0.25, 0.3) is 0 Å². The Morgan fingerprint density at radius 2 is 1.88 bits per heavy atom. The van der Waals surface area contributed by atoms with Crippen LogP contribution < -0.4 is 5.32 Å². The van der Waals surface area contributed by atoms with E-state index in [1.54, 1.807) is 6.92 Å². The predicted molar refractivity (Wildman–Crippen MR) is 58.1 cm³/mol. The van der Waals surface area contributed by atoms with Crippen molar-refractivity contribution in [3.05, 3.63) is 0 Å². The van der Waals surface area contributed by atoms with Gasteiger partial charge in [0.2, 0.25) is 0 Å². The molecule has 5 heteroatoms. The molecule has 1 rings (SSSR count). The molecule has 1 unspecified atom stereocenters. The number of esters is 1. The zero-order chi connectivity index (χ0) is 12.2. The fourth-order valence-electron chi connectivity index (χ4n) is 2.23. The van der Waals surface area contributed by atoms with Crippen LogP contribution in [0.25, 0.3) is 0 Å². The minimum absolute atomic E-state index is 0.425. The van der Waals surface area contributed by atoms with Gasteiger partial charge in [0.15, 0.2) is 0 Å². The maximum Gasteiger partial charge on any atom is 0.323 e. The van der Waals surface area contributed by atoms with Crippen LogP contribution in [0.2, 0.25) is 0 Å². The van der Waals surface area contributed by atoms with Gasteiger partial charge in [-0.15, -0.1) is 0 Å². The number of methoxy groups -OCH3 is 1. The summed E-state index contributed by atoms with van der Waals surface area (Å²) in [5, 5.41) is 12.2. The van der Waals surface area contributed by atoms with Crippen LogP contribution in [-0.4, -0.2) is 35.7 Å². The van der Waals surface area contributed by atoms with E-state index in [9.17, 15) is 14.7 Å². The molecule has 0 aromatic rings. The van der Waals surface area contributed by atoms with Crippen molar-refractivity contribution >= 4 is 11.9 Å². The van der Waals surface area contributed by atoms with E-state index in [0.29, 0.717) is 12.8 Å². The Morgan fingerprint density at radius 1 is 1.31 bits per heavy atom. The van der Waals surface area contributed by atoms with E-state index in [2.05, 4.69) is 10.1 Å². The summed E-state index contributed by atoms with van der Waals surface area (Å²) in [6.45, 7) is 1.63. The van der Waals surface area contributed by atoms with Gasteiger partial charge < -0.3 is 9.84 Å². The maximum absolute atomic E-state index is 11.3. The first-order chi connectivity index (χ1) is 7.52. The summed E-state index contributed by atoms with van der Waals surface area (Å²) in [4.78, 5) is 22.6. The van der Waals surface area contributed by atoms with Crippen molar-refractivity contribution in [2.45, 2.75) is 50.6 Å². The smallest absolute Gasteiger partial charge is 0.323 e. The second-order valence-electron chi connectivity index (χ2n) is 4.34. The van der Waals surface area contributed by atoms with Gasteiger partial charge in [-0.2, -0.15) is 0 Å². The quantitative estimate of drug-likeness (QED) is 0.701. The maximum atomic E-state index is 11.3. The van der Waals surface area contributed by atoms with Crippen molar-refractivity contribution in [3.8, 4) is 0 Å². The van der Waals surface area contributed by atoms with Crippen LogP contribution in [-0.2, 0) is 14.3 Å². The van der Waals surface area contributed by atoms with Gasteiger partial charge in [-0.05, 0) is 19.8 Å². The third-order valence-corrected chi connectivity index (χ3v) is 3.16. The van der Waals surface area contributed by atoms with E-state index >= 15 is 0 Å². The first kappa shape index (κ1) is 13.0. The van der Waals surface area contributed by atoms with Crippen molar-refractivity contribution in [2.24, 2.45) is 0 Å². The molecule has 0 heterocycles. The van der Waals surface area contributed by atoms with Gasteiger partial charge in [-0.3, -0.25) is 14.9 Å². The number of carbonyl (C=O) groups excluding carboxylic acids is 1. The summed E-state index contributed by atoms with van der Waals surface area (Å²) < 4.78 is 4.58. The largest absolute Gasteiger partial charge is 0.480 e. The molecule has 1 aliphatic rings. The van der Waals surface area contributed by atoms with Gasteiger partial charge in [0, 0.05) is 0 Å². The van der Waals surface area contributed by atoms with E-state index in [-0.39, 0.29) is 0 Å². The van der Waals surface area contributed by atoms with Crippen LogP contribution >= 0.6 is 0 Å². The third-order valence-electron chi connectivity index (χ3n) is 3.16. The van der Waals surface area contributed by atoms with Crippen molar-refractivity contribution in [1.29, 1.82) is 0 Å². The molecule has 1 fully saturated rings. The Bertz CT molecular complexity index is 271. The Morgan fingerprint density at radius 3 is 2.31 bits per heavy atom. The van der Waals surface area contributed by atoms with E-state index in [1.807, 2.05) is 0 Å². The number of hydrogen-bond acceptors (Lipinski definition) is 4. The molecule has 92 valence electrons. The molecular weight excluding hydrogens is 210 g/mol. The number of ether oxygens (including phenoxy) is 1. The van der Waals surface area contributed by atoms with Crippen LogP contribution in [0.5, 0.6) is 0 Å². The van der Waals surface area contributed by atoms with Gasteiger partial charge in [0.1, 0.15) is 11.6 Å². The van der Waals surface area contributed by atoms with Gasteiger partial charge in [0.05, 0.1) is 7.11 Å². The van der Waals surface area contributed by atoms with Crippen LogP contribution in [0.4, 0.5) is 0 Å². The van der Waals surface area contributed by atoms with E-state index in [1.165, 1.54) is 7.11 Å². The fraction of sp³-hybridized carbons (Fsp3) is 0.818. The highest BCUT2D eigenvalue weighted by atomic mass is 16.5. The molecule has 2 N–H and O–H groups in total. The standard InChI is InChI=1S/C11H19NO4/c1-8(9(13)16-2)12-11(10(14)15)6-4-3-5-7-11/h8,12H,3-7H2,1-2H3,(H,14,15). The SMILES string of the molecule is COC(=O)C(C)NC1(C(=O)O)CCCCC1. The minimum Gasteiger partial charge on any atom is -0.480 e. The van der Waals surface area contributed by atoms with Gasteiger partial charge in [-0.1, -0.05) is 19.3 Å². The molecule has 0 spiro atoms. The van der Waals surface area contributed by atoms with Crippen molar-refractivity contribution in [3.63, 3.8) is 0 Å². The van der Waals surface area contributed by atoms with Gasteiger partial charge >= 0.3 is 11.9 Å². The number of carboxylic acid groups (broad SMARTS) is 1. The topological polar surface area (TPSA) is 75.6 Å². The Kier molecular flexibility index (Phi) is 4.29. The second kappa shape index (κ2) is 5.30. The molecule has 0 saturated heterocycles. The average Bonchev–Trinajstić information content (AvgIpc) is 2.28. The monoisotopic (exact) mass is 229 g/mol. The molecule has 1 saturated carbocycles. The average molecular weight is 229 g/mol. The van der Waals surface area contributed by atoms with Gasteiger partial charge in [-0.25, -0.2) is 0 Å². The molecule has 16 heavy (non-hydrogen) atoms. The summed E-state index contributed by atoms with van der Waals surface area (Å²) >= 11 is 0. The molecule has 5 nitrogen and oxygen atoms in total. The lowest BCUT2D eigenvalue weighted by Gasteiger charge is -2.35. The molecule has 1 atom stereocenters. The van der Waals surface area contributed by atoms with E-state index in [4.69, 9.17) is 0 Å². The lowest BCUT2D eigenvalue weighted by molar-refractivity contribution is -0.149. The highest BCUT2D eigenvalue weighted by molar-refractivity contribution is 5.81. The number of hydrogen-bond donors (Lipinski definition) is 2. The summed E-state index contributed by atoms with van der Waals surface area (Å²) in [6, 6.07) is -0.584. The van der Waals surface area contributed by atoms with Crippen molar-refractivity contribution in [1.82, 2.24) is 5.32 Å². The molecule has 0 aromatic heterocycles. The molecule has 0 bridgehead atoms. The highest BCUT2D eigenvalue weighted by Gasteiger charge is 2.41. The number of rotatable bonds is 4. The zero-order valence-corrected chi connectivity index (χ0v) is 9.78.